The van der Waals surface area contributed by atoms with Crippen molar-refractivity contribution in [2.45, 2.75) is 13.5 Å². The molecule has 0 aliphatic carbocycles. The Morgan fingerprint density at radius 1 is 1.57 bits per heavy atom. The summed E-state index contributed by atoms with van der Waals surface area (Å²) in [4.78, 5) is 23.0. The maximum atomic E-state index is 11.5. The molecule has 1 rings (SSSR count). The van der Waals surface area contributed by atoms with Gasteiger partial charge in [-0.15, -0.1) is 0 Å². The van der Waals surface area contributed by atoms with Crippen molar-refractivity contribution in [3.05, 3.63) is 39.2 Å². The molecular weight excluding hydrogens is 182 g/mol. The van der Waals surface area contributed by atoms with Gasteiger partial charge < -0.3 is 10.3 Å². The number of hydrogen-bond acceptors (Lipinski definition) is 3. The van der Waals surface area contributed by atoms with Crippen LogP contribution >= 0.6 is 0 Å². The topological polar surface area (TPSA) is 70.0 Å². The molecule has 0 bridgehead atoms. The number of aromatic nitrogens is 2. The van der Waals surface area contributed by atoms with E-state index < -0.39 is 5.56 Å². The normalized spacial score (nSPS) is 10.1. The van der Waals surface area contributed by atoms with Crippen LogP contribution in [0.5, 0.6) is 0 Å². The third kappa shape index (κ3) is 1.76. The van der Waals surface area contributed by atoms with Crippen molar-refractivity contribution < 1.29 is 0 Å². The van der Waals surface area contributed by atoms with Crippen LogP contribution in [0.25, 0.3) is 0 Å². The van der Waals surface area contributed by atoms with Crippen LogP contribution < -0.4 is 17.0 Å². The molecule has 0 radical (unpaired) electrons. The van der Waals surface area contributed by atoms with E-state index in [9.17, 15) is 9.59 Å². The van der Waals surface area contributed by atoms with Crippen LogP contribution in [0, 0.1) is 0 Å². The predicted molar refractivity (Wildman–Crippen MR) is 55.2 cm³/mol. The van der Waals surface area contributed by atoms with E-state index in [2.05, 4.69) is 6.58 Å². The van der Waals surface area contributed by atoms with E-state index in [0.29, 0.717) is 0 Å². The maximum absolute atomic E-state index is 11.5. The van der Waals surface area contributed by atoms with Crippen molar-refractivity contribution in [1.29, 1.82) is 0 Å². The standard InChI is InChI=1S/C9H13N3O2/c1-6(2)4-12-8(13)7(10)5-11(3)9(12)14/h5H,1,4,10H2,2-3H3. The Kier molecular flexibility index (Phi) is 2.60. The number of anilines is 1. The minimum absolute atomic E-state index is 0.0633. The molecule has 0 spiro atoms. The molecule has 5 heteroatoms. The summed E-state index contributed by atoms with van der Waals surface area (Å²) in [7, 11) is 1.55. The molecule has 0 amide bonds. The van der Waals surface area contributed by atoms with Gasteiger partial charge in [0.25, 0.3) is 5.56 Å². The van der Waals surface area contributed by atoms with Gasteiger partial charge in [-0.3, -0.25) is 9.36 Å². The van der Waals surface area contributed by atoms with Crippen LogP contribution in [0.15, 0.2) is 27.9 Å². The van der Waals surface area contributed by atoms with Crippen molar-refractivity contribution in [3.8, 4) is 0 Å². The Hall–Kier alpha value is -1.78. The molecule has 2 N–H and O–H groups in total. The first-order valence-corrected chi connectivity index (χ1v) is 4.14. The molecule has 0 atom stereocenters. The van der Waals surface area contributed by atoms with Crippen molar-refractivity contribution in [1.82, 2.24) is 9.13 Å². The lowest BCUT2D eigenvalue weighted by atomic mass is 10.3. The number of aryl methyl sites for hydroxylation is 1. The molecule has 1 aromatic rings. The van der Waals surface area contributed by atoms with E-state index in [-0.39, 0.29) is 17.9 Å². The third-order valence-corrected chi connectivity index (χ3v) is 1.79. The molecule has 0 aromatic carbocycles. The summed E-state index contributed by atoms with van der Waals surface area (Å²) in [5.41, 5.74) is 5.39. The zero-order chi connectivity index (χ0) is 10.9. The van der Waals surface area contributed by atoms with Gasteiger partial charge in [-0.2, -0.15) is 0 Å². The Bertz CT molecular complexity index is 448. The second-order valence-electron chi connectivity index (χ2n) is 3.33. The van der Waals surface area contributed by atoms with E-state index in [1.165, 1.54) is 10.8 Å². The number of allylic oxidation sites excluding steroid dienone is 1. The van der Waals surface area contributed by atoms with E-state index in [0.717, 1.165) is 10.1 Å². The lowest BCUT2D eigenvalue weighted by molar-refractivity contribution is 0.638. The number of nitrogen functional groups attached to an aromatic ring is 1. The average molecular weight is 195 g/mol. The first kappa shape index (κ1) is 10.3. The highest BCUT2D eigenvalue weighted by Gasteiger charge is 2.06. The molecular formula is C9H13N3O2. The molecule has 0 aliphatic heterocycles. The molecule has 0 aliphatic rings. The second-order valence-corrected chi connectivity index (χ2v) is 3.33. The summed E-state index contributed by atoms with van der Waals surface area (Å²) < 4.78 is 2.34. The lowest BCUT2D eigenvalue weighted by Gasteiger charge is -2.07. The predicted octanol–water partition coefficient (Wildman–Crippen LogP) is -0.295. The molecule has 0 saturated carbocycles. The monoisotopic (exact) mass is 195 g/mol. The van der Waals surface area contributed by atoms with E-state index in [1.54, 1.807) is 14.0 Å². The van der Waals surface area contributed by atoms with E-state index >= 15 is 0 Å². The van der Waals surface area contributed by atoms with Gasteiger partial charge in [0.1, 0.15) is 5.69 Å². The van der Waals surface area contributed by atoms with Crippen molar-refractivity contribution >= 4 is 5.69 Å². The van der Waals surface area contributed by atoms with E-state index in [1.807, 2.05) is 0 Å². The number of rotatable bonds is 2. The molecule has 1 heterocycles. The van der Waals surface area contributed by atoms with Gasteiger partial charge in [0.05, 0.1) is 6.54 Å². The van der Waals surface area contributed by atoms with Gasteiger partial charge in [0, 0.05) is 13.2 Å². The molecule has 1 aromatic heterocycles. The summed E-state index contributed by atoms with van der Waals surface area (Å²) in [5, 5.41) is 0. The zero-order valence-corrected chi connectivity index (χ0v) is 8.28. The van der Waals surface area contributed by atoms with Crippen molar-refractivity contribution in [2.75, 3.05) is 5.73 Å². The average Bonchev–Trinajstić information content (AvgIpc) is 2.09. The highest BCUT2D eigenvalue weighted by molar-refractivity contribution is 5.31. The summed E-state index contributed by atoms with van der Waals surface area (Å²) in [5.74, 6) is 0. The highest BCUT2D eigenvalue weighted by Crippen LogP contribution is 1.92. The van der Waals surface area contributed by atoms with Crippen LogP contribution in [0.2, 0.25) is 0 Å². The van der Waals surface area contributed by atoms with Gasteiger partial charge in [-0.25, -0.2) is 4.79 Å². The summed E-state index contributed by atoms with van der Waals surface area (Å²) in [6.07, 6.45) is 1.32. The van der Waals surface area contributed by atoms with Crippen molar-refractivity contribution in [3.63, 3.8) is 0 Å². The smallest absolute Gasteiger partial charge is 0.331 e. The molecule has 76 valence electrons. The Morgan fingerprint density at radius 3 is 2.64 bits per heavy atom. The summed E-state index contributed by atoms with van der Waals surface area (Å²) in [6.45, 7) is 5.59. The van der Waals surface area contributed by atoms with Crippen LogP contribution in [0.3, 0.4) is 0 Å². The van der Waals surface area contributed by atoms with Gasteiger partial charge in [0.2, 0.25) is 0 Å². The van der Waals surface area contributed by atoms with Gasteiger partial charge in [-0.1, -0.05) is 12.2 Å². The largest absolute Gasteiger partial charge is 0.393 e. The number of hydrogen-bond donors (Lipinski definition) is 1. The van der Waals surface area contributed by atoms with Crippen molar-refractivity contribution in [2.24, 2.45) is 7.05 Å². The van der Waals surface area contributed by atoms with Crippen LogP contribution in [-0.2, 0) is 13.6 Å². The minimum Gasteiger partial charge on any atom is -0.393 e. The number of nitrogens with two attached hydrogens (primary N) is 1. The van der Waals surface area contributed by atoms with Gasteiger partial charge in [-0.05, 0) is 6.92 Å². The molecule has 14 heavy (non-hydrogen) atoms. The molecule has 0 saturated heterocycles. The fraction of sp³-hybridized carbons (Fsp3) is 0.333. The number of nitrogens with zero attached hydrogens (tertiary/aromatic N) is 2. The van der Waals surface area contributed by atoms with Gasteiger partial charge >= 0.3 is 5.69 Å². The highest BCUT2D eigenvalue weighted by atomic mass is 16.2. The quantitative estimate of drug-likeness (QED) is 0.659. The first-order valence-electron chi connectivity index (χ1n) is 4.14. The van der Waals surface area contributed by atoms with E-state index in [4.69, 9.17) is 5.73 Å². The van der Waals surface area contributed by atoms with Crippen LogP contribution in [0.1, 0.15) is 6.92 Å². The zero-order valence-electron chi connectivity index (χ0n) is 8.28. The fourth-order valence-electron chi connectivity index (χ4n) is 1.16. The Balaban J connectivity index is 3.48. The minimum atomic E-state index is -0.462. The Labute approximate surface area is 81.1 Å². The van der Waals surface area contributed by atoms with Crippen LogP contribution in [-0.4, -0.2) is 9.13 Å². The SMILES string of the molecule is C=C(C)Cn1c(=O)c(N)cn(C)c1=O. The third-order valence-electron chi connectivity index (χ3n) is 1.79. The maximum Gasteiger partial charge on any atom is 0.331 e. The molecule has 0 unspecified atom stereocenters. The lowest BCUT2D eigenvalue weighted by Crippen LogP contribution is -2.39. The Morgan fingerprint density at radius 2 is 2.14 bits per heavy atom. The molecule has 5 nitrogen and oxygen atoms in total. The molecule has 0 fully saturated rings. The fourth-order valence-corrected chi connectivity index (χ4v) is 1.16. The summed E-state index contributed by atoms with van der Waals surface area (Å²) >= 11 is 0. The van der Waals surface area contributed by atoms with Gasteiger partial charge in [0.15, 0.2) is 0 Å². The van der Waals surface area contributed by atoms with Crippen LogP contribution in [0.4, 0.5) is 5.69 Å². The second kappa shape index (κ2) is 3.53. The summed E-state index contributed by atoms with van der Waals surface area (Å²) in [6, 6.07) is 0. The first-order chi connectivity index (χ1) is 6.43.